The summed E-state index contributed by atoms with van der Waals surface area (Å²) in [6.45, 7) is 10.4. The molecule has 2 nitrogen and oxygen atoms in total. The predicted molar refractivity (Wildman–Crippen MR) is 81.4 cm³/mol. The minimum atomic E-state index is 0.878. The molecule has 4 atom stereocenters. The van der Waals surface area contributed by atoms with Crippen molar-refractivity contribution in [2.45, 2.75) is 70.9 Å². The molecule has 2 saturated heterocycles. The van der Waals surface area contributed by atoms with E-state index in [4.69, 9.17) is 0 Å². The molecule has 2 aliphatic heterocycles. The molecule has 110 valence electrons. The van der Waals surface area contributed by atoms with E-state index in [1.54, 1.807) is 0 Å². The molecule has 0 amide bonds. The highest BCUT2D eigenvalue weighted by molar-refractivity contribution is 4.89. The van der Waals surface area contributed by atoms with Gasteiger partial charge in [-0.2, -0.15) is 0 Å². The van der Waals surface area contributed by atoms with Crippen molar-refractivity contribution in [2.24, 2.45) is 11.8 Å². The Morgan fingerprint density at radius 3 is 2.42 bits per heavy atom. The largest absolute Gasteiger partial charge is 0.299 e. The van der Waals surface area contributed by atoms with E-state index in [0.29, 0.717) is 0 Å². The Bertz CT molecular complexity index is 291. The van der Waals surface area contributed by atoms with Crippen LogP contribution in [-0.4, -0.2) is 48.1 Å². The van der Waals surface area contributed by atoms with Crippen LogP contribution in [0.15, 0.2) is 0 Å². The molecule has 0 aromatic rings. The second-order valence-electron chi connectivity index (χ2n) is 7.50. The smallest absolute Gasteiger partial charge is 0.0223 e. The lowest BCUT2D eigenvalue weighted by Gasteiger charge is -2.42. The first-order chi connectivity index (χ1) is 9.24. The summed E-state index contributed by atoms with van der Waals surface area (Å²) in [6.07, 6.45) is 10.1. The van der Waals surface area contributed by atoms with Crippen LogP contribution in [-0.2, 0) is 0 Å². The Labute approximate surface area is 119 Å². The molecule has 0 aromatic carbocycles. The number of rotatable bonds is 1. The van der Waals surface area contributed by atoms with Crippen LogP contribution in [0.5, 0.6) is 0 Å². The van der Waals surface area contributed by atoms with Crippen LogP contribution >= 0.6 is 0 Å². The van der Waals surface area contributed by atoms with Gasteiger partial charge in [0, 0.05) is 18.6 Å². The lowest BCUT2D eigenvalue weighted by molar-refractivity contribution is 0.0711. The molecule has 1 aliphatic carbocycles. The summed E-state index contributed by atoms with van der Waals surface area (Å²) in [5, 5.41) is 0. The highest BCUT2D eigenvalue weighted by Crippen LogP contribution is 2.33. The molecule has 2 heterocycles. The van der Waals surface area contributed by atoms with Gasteiger partial charge in [-0.15, -0.1) is 0 Å². The molecule has 3 rings (SSSR count). The average molecular weight is 264 g/mol. The summed E-state index contributed by atoms with van der Waals surface area (Å²) >= 11 is 0. The van der Waals surface area contributed by atoms with E-state index in [-0.39, 0.29) is 0 Å². The predicted octanol–water partition coefficient (Wildman–Crippen LogP) is 3.37. The zero-order valence-electron chi connectivity index (χ0n) is 13.0. The van der Waals surface area contributed by atoms with E-state index in [9.17, 15) is 0 Å². The van der Waals surface area contributed by atoms with Gasteiger partial charge in [0.05, 0.1) is 0 Å². The molecule has 3 fully saturated rings. The van der Waals surface area contributed by atoms with E-state index in [2.05, 4.69) is 23.6 Å². The Hall–Kier alpha value is -0.0800. The fourth-order valence-electron chi connectivity index (χ4n) is 4.89. The topological polar surface area (TPSA) is 6.48 Å². The Kier molecular flexibility index (Phi) is 4.48. The molecule has 2 heteroatoms. The Balaban J connectivity index is 1.63. The van der Waals surface area contributed by atoms with Gasteiger partial charge in [0.15, 0.2) is 0 Å². The number of nitrogens with zero attached hydrogens (tertiary/aromatic N) is 2. The first kappa shape index (κ1) is 13.9. The maximum atomic E-state index is 2.88. The second kappa shape index (κ2) is 6.13. The fourth-order valence-corrected chi connectivity index (χ4v) is 4.89. The average Bonchev–Trinajstić information content (AvgIpc) is 2.60. The number of fused-ring (bicyclic) bond motifs is 1. The highest BCUT2D eigenvalue weighted by Gasteiger charge is 2.34. The van der Waals surface area contributed by atoms with Crippen LogP contribution in [0.3, 0.4) is 0 Å². The lowest BCUT2D eigenvalue weighted by Crippen LogP contribution is -2.49. The summed E-state index contributed by atoms with van der Waals surface area (Å²) < 4.78 is 0. The molecule has 0 radical (unpaired) electrons. The zero-order valence-corrected chi connectivity index (χ0v) is 13.0. The molecule has 0 bridgehead atoms. The van der Waals surface area contributed by atoms with E-state index < -0.39 is 0 Å². The van der Waals surface area contributed by atoms with Crippen molar-refractivity contribution < 1.29 is 0 Å². The third-order valence-corrected chi connectivity index (χ3v) is 5.94. The highest BCUT2D eigenvalue weighted by atomic mass is 15.3. The maximum absolute atomic E-state index is 2.88. The minimum absolute atomic E-state index is 0.878. The summed E-state index contributed by atoms with van der Waals surface area (Å²) in [6, 6.07) is 1.76. The minimum Gasteiger partial charge on any atom is -0.299 e. The fraction of sp³-hybridized carbons (Fsp3) is 1.00. The third-order valence-electron chi connectivity index (χ3n) is 5.94. The van der Waals surface area contributed by atoms with Gasteiger partial charge in [-0.3, -0.25) is 9.80 Å². The lowest BCUT2D eigenvalue weighted by atomic mass is 9.79. The molecular formula is C17H32N2. The van der Waals surface area contributed by atoms with Gasteiger partial charge < -0.3 is 0 Å². The van der Waals surface area contributed by atoms with Gasteiger partial charge in [-0.05, 0) is 70.0 Å². The number of piperidine rings is 1. The molecule has 0 aromatic heterocycles. The number of hydrogen-bond acceptors (Lipinski definition) is 2. The molecule has 3 aliphatic rings. The quantitative estimate of drug-likeness (QED) is 0.716. The van der Waals surface area contributed by atoms with Crippen LogP contribution in [0.1, 0.15) is 58.8 Å². The first-order valence-electron chi connectivity index (χ1n) is 8.72. The molecular weight excluding hydrogens is 232 g/mol. The van der Waals surface area contributed by atoms with Crippen molar-refractivity contribution in [3.05, 3.63) is 0 Å². The van der Waals surface area contributed by atoms with Crippen LogP contribution in [0.2, 0.25) is 0 Å². The van der Waals surface area contributed by atoms with Gasteiger partial charge in [0.1, 0.15) is 0 Å². The van der Waals surface area contributed by atoms with E-state index in [1.165, 1.54) is 71.1 Å². The monoisotopic (exact) mass is 264 g/mol. The SMILES string of the molecule is CC1CCC(N2CCCN3CCCCC3C2)C(C)C1. The summed E-state index contributed by atoms with van der Waals surface area (Å²) in [5.41, 5.74) is 0. The van der Waals surface area contributed by atoms with Crippen molar-refractivity contribution in [3.63, 3.8) is 0 Å². The van der Waals surface area contributed by atoms with Crippen molar-refractivity contribution >= 4 is 0 Å². The van der Waals surface area contributed by atoms with Gasteiger partial charge in [-0.25, -0.2) is 0 Å². The van der Waals surface area contributed by atoms with Crippen molar-refractivity contribution in [2.75, 3.05) is 26.2 Å². The maximum Gasteiger partial charge on any atom is 0.0223 e. The van der Waals surface area contributed by atoms with Crippen molar-refractivity contribution in [1.29, 1.82) is 0 Å². The molecule has 1 saturated carbocycles. The van der Waals surface area contributed by atoms with Gasteiger partial charge in [0.2, 0.25) is 0 Å². The van der Waals surface area contributed by atoms with E-state index in [1.807, 2.05) is 0 Å². The van der Waals surface area contributed by atoms with Crippen molar-refractivity contribution in [3.8, 4) is 0 Å². The summed E-state index contributed by atoms with van der Waals surface area (Å²) in [7, 11) is 0. The molecule has 0 N–H and O–H groups in total. The Morgan fingerprint density at radius 2 is 1.58 bits per heavy atom. The van der Waals surface area contributed by atoms with Gasteiger partial charge >= 0.3 is 0 Å². The van der Waals surface area contributed by atoms with Gasteiger partial charge in [0.25, 0.3) is 0 Å². The zero-order chi connectivity index (χ0) is 13.2. The van der Waals surface area contributed by atoms with Crippen LogP contribution in [0.4, 0.5) is 0 Å². The second-order valence-corrected chi connectivity index (χ2v) is 7.50. The Morgan fingerprint density at radius 1 is 0.789 bits per heavy atom. The normalized spacial score (nSPS) is 42.6. The van der Waals surface area contributed by atoms with Crippen molar-refractivity contribution in [1.82, 2.24) is 9.80 Å². The number of hydrogen-bond donors (Lipinski definition) is 0. The molecule has 0 spiro atoms. The van der Waals surface area contributed by atoms with Crippen LogP contribution in [0, 0.1) is 11.8 Å². The summed E-state index contributed by atoms with van der Waals surface area (Å²) in [4.78, 5) is 5.67. The molecule has 19 heavy (non-hydrogen) atoms. The van der Waals surface area contributed by atoms with Crippen LogP contribution in [0.25, 0.3) is 0 Å². The van der Waals surface area contributed by atoms with E-state index >= 15 is 0 Å². The third kappa shape index (κ3) is 3.16. The standard InChI is InChI=1S/C17H32N2/c1-14-7-8-17(15(2)12-14)19-11-5-10-18-9-4-3-6-16(18)13-19/h14-17H,3-13H2,1-2H3. The summed E-state index contributed by atoms with van der Waals surface area (Å²) in [5.74, 6) is 1.88. The van der Waals surface area contributed by atoms with E-state index in [0.717, 1.165) is 23.9 Å². The molecule has 4 unspecified atom stereocenters. The first-order valence-corrected chi connectivity index (χ1v) is 8.72. The van der Waals surface area contributed by atoms with Gasteiger partial charge in [-0.1, -0.05) is 20.3 Å². The van der Waals surface area contributed by atoms with Crippen LogP contribution < -0.4 is 0 Å².